The molecule has 1 aromatic heterocycles. The lowest BCUT2D eigenvalue weighted by molar-refractivity contribution is -0.114. The lowest BCUT2D eigenvalue weighted by Crippen LogP contribution is -2.34. The summed E-state index contributed by atoms with van der Waals surface area (Å²) in [6, 6.07) is 8.92. The smallest absolute Gasteiger partial charge is 0.251 e. The van der Waals surface area contributed by atoms with Gasteiger partial charge in [0.15, 0.2) is 0 Å². The van der Waals surface area contributed by atoms with Gasteiger partial charge in [0.05, 0.1) is 4.90 Å². The zero-order valence-corrected chi connectivity index (χ0v) is 14.3. The van der Waals surface area contributed by atoms with Crippen molar-refractivity contribution in [1.29, 1.82) is 0 Å². The van der Waals surface area contributed by atoms with Crippen molar-refractivity contribution in [3.8, 4) is 0 Å². The molecule has 1 aromatic carbocycles. The molecule has 9 heteroatoms. The fraction of sp³-hybridized carbons (Fsp3) is 0.188. The van der Waals surface area contributed by atoms with Gasteiger partial charge in [0.2, 0.25) is 15.9 Å². The molecule has 2 amide bonds. The van der Waals surface area contributed by atoms with Gasteiger partial charge in [-0.3, -0.25) is 14.6 Å². The minimum absolute atomic E-state index is 0.0482. The van der Waals surface area contributed by atoms with Gasteiger partial charge in [-0.05, 0) is 36.4 Å². The third kappa shape index (κ3) is 5.66. The van der Waals surface area contributed by atoms with Crippen LogP contribution in [0.15, 0.2) is 53.7 Å². The summed E-state index contributed by atoms with van der Waals surface area (Å²) >= 11 is 0. The van der Waals surface area contributed by atoms with Gasteiger partial charge in [-0.15, -0.1) is 0 Å². The molecule has 0 radical (unpaired) electrons. The monoisotopic (exact) mass is 362 g/mol. The fourth-order valence-corrected chi connectivity index (χ4v) is 3.00. The Morgan fingerprint density at radius 3 is 2.24 bits per heavy atom. The minimum atomic E-state index is -3.69. The van der Waals surface area contributed by atoms with Gasteiger partial charge in [0.25, 0.3) is 5.91 Å². The van der Waals surface area contributed by atoms with E-state index in [2.05, 4.69) is 20.3 Å². The molecule has 0 fully saturated rings. The molecule has 2 rings (SSSR count). The molecule has 132 valence electrons. The molecule has 0 saturated heterocycles. The van der Waals surface area contributed by atoms with Crippen molar-refractivity contribution in [3.63, 3.8) is 0 Å². The van der Waals surface area contributed by atoms with Crippen molar-refractivity contribution >= 4 is 27.5 Å². The number of hydrogen-bond donors (Lipinski definition) is 3. The van der Waals surface area contributed by atoms with Gasteiger partial charge in [0.1, 0.15) is 0 Å². The number of aromatic nitrogens is 1. The summed E-state index contributed by atoms with van der Waals surface area (Å²) in [4.78, 5) is 26.6. The molecule has 0 aliphatic heterocycles. The van der Waals surface area contributed by atoms with Crippen molar-refractivity contribution < 1.29 is 18.0 Å². The number of hydrogen-bond acceptors (Lipinski definition) is 5. The Kier molecular flexibility index (Phi) is 6.20. The molecular formula is C16H18N4O4S. The van der Waals surface area contributed by atoms with Crippen LogP contribution >= 0.6 is 0 Å². The molecule has 1 heterocycles. The number of anilines is 1. The maximum Gasteiger partial charge on any atom is 0.251 e. The molecule has 0 spiro atoms. The van der Waals surface area contributed by atoms with E-state index in [4.69, 9.17) is 0 Å². The quantitative estimate of drug-likeness (QED) is 0.628. The summed E-state index contributed by atoms with van der Waals surface area (Å²) in [7, 11) is -3.69. The Labute approximate surface area is 145 Å². The summed E-state index contributed by atoms with van der Waals surface area (Å²) in [5, 5.41) is 5.17. The highest BCUT2D eigenvalue weighted by molar-refractivity contribution is 7.89. The Hall–Kier alpha value is -2.78. The van der Waals surface area contributed by atoms with E-state index >= 15 is 0 Å². The predicted octanol–water partition coefficient (Wildman–Crippen LogP) is 0.748. The number of pyridine rings is 1. The van der Waals surface area contributed by atoms with Gasteiger partial charge < -0.3 is 10.6 Å². The zero-order valence-electron chi connectivity index (χ0n) is 13.5. The van der Waals surface area contributed by atoms with Crippen molar-refractivity contribution in [3.05, 3.63) is 54.4 Å². The second-order valence-corrected chi connectivity index (χ2v) is 6.86. The normalized spacial score (nSPS) is 10.9. The van der Waals surface area contributed by atoms with Crippen molar-refractivity contribution in [2.75, 3.05) is 18.4 Å². The lowest BCUT2D eigenvalue weighted by atomic mass is 10.2. The summed E-state index contributed by atoms with van der Waals surface area (Å²) in [5.41, 5.74) is 0.961. The number of nitrogens with one attached hydrogen (secondary N) is 3. The molecule has 0 saturated carbocycles. The number of amides is 2. The predicted molar refractivity (Wildman–Crippen MR) is 92.5 cm³/mol. The summed E-state index contributed by atoms with van der Waals surface area (Å²) in [6.45, 7) is 1.56. The van der Waals surface area contributed by atoms with Crippen LogP contribution in [0.25, 0.3) is 0 Å². The van der Waals surface area contributed by atoms with Crippen molar-refractivity contribution in [2.24, 2.45) is 0 Å². The second-order valence-electron chi connectivity index (χ2n) is 5.10. The van der Waals surface area contributed by atoms with E-state index in [0.29, 0.717) is 11.3 Å². The molecule has 0 aliphatic carbocycles. The number of sulfonamides is 1. The molecule has 0 aliphatic rings. The first kappa shape index (κ1) is 18.6. The molecule has 0 atom stereocenters. The van der Waals surface area contributed by atoms with E-state index in [1.807, 2.05) is 0 Å². The third-order valence-corrected chi connectivity index (χ3v) is 4.61. The van der Waals surface area contributed by atoms with Crippen LogP contribution in [0, 0.1) is 0 Å². The average molecular weight is 362 g/mol. The molecule has 3 N–H and O–H groups in total. The van der Waals surface area contributed by atoms with E-state index < -0.39 is 10.0 Å². The molecule has 25 heavy (non-hydrogen) atoms. The van der Waals surface area contributed by atoms with Crippen molar-refractivity contribution in [1.82, 2.24) is 15.0 Å². The van der Waals surface area contributed by atoms with Crippen molar-refractivity contribution in [2.45, 2.75) is 11.8 Å². The maximum absolute atomic E-state index is 12.2. The van der Waals surface area contributed by atoms with Crippen LogP contribution in [0.3, 0.4) is 0 Å². The Morgan fingerprint density at radius 2 is 1.64 bits per heavy atom. The Morgan fingerprint density at radius 1 is 1.00 bits per heavy atom. The number of rotatable bonds is 7. The highest BCUT2D eigenvalue weighted by Crippen LogP contribution is 2.13. The topological polar surface area (TPSA) is 117 Å². The first-order valence-corrected chi connectivity index (χ1v) is 8.92. The van der Waals surface area contributed by atoms with Crippen LogP contribution in [0.5, 0.6) is 0 Å². The van der Waals surface area contributed by atoms with Crippen LogP contribution in [0.2, 0.25) is 0 Å². The van der Waals surface area contributed by atoms with Crippen LogP contribution < -0.4 is 15.4 Å². The number of nitrogens with zero attached hydrogens (tertiary/aromatic N) is 1. The van der Waals surface area contributed by atoms with E-state index in [1.165, 1.54) is 43.6 Å². The van der Waals surface area contributed by atoms with Gasteiger partial charge in [0, 0.05) is 43.7 Å². The summed E-state index contributed by atoms with van der Waals surface area (Å²) in [6.07, 6.45) is 3.00. The largest absolute Gasteiger partial charge is 0.351 e. The van der Waals surface area contributed by atoms with Crippen LogP contribution in [0.1, 0.15) is 17.3 Å². The number of carbonyl (C=O) groups is 2. The second kappa shape index (κ2) is 8.36. The van der Waals surface area contributed by atoms with Gasteiger partial charge >= 0.3 is 0 Å². The summed E-state index contributed by atoms with van der Waals surface area (Å²) in [5.74, 6) is -0.542. The van der Waals surface area contributed by atoms with Gasteiger partial charge in [-0.25, -0.2) is 13.1 Å². The first-order valence-electron chi connectivity index (χ1n) is 7.44. The molecule has 0 bridgehead atoms. The van der Waals surface area contributed by atoms with Crippen LogP contribution in [-0.4, -0.2) is 38.3 Å². The Balaban J connectivity index is 1.85. The highest BCUT2D eigenvalue weighted by Gasteiger charge is 2.13. The standard InChI is InChI=1S/C16H18N4O4S/c1-12(21)20-14-2-4-15(5-3-14)25(23,24)19-11-10-18-16(22)13-6-8-17-9-7-13/h2-9,19H,10-11H2,1H3,(H,18,22)(H,20,21). The van der Waals surface area contributed by atoms with E-state index in [9.17, 15) is 18.0 Å². The van der Waals surface area contributed by atoms with E-state index in [0.717, 1.165) is 0 Å². The maximum atomic E-state index is 12.2. The minimum Gasteiger partial charge on any atom is -0.351 e. The number of carbonyl (C=O) groups excluding carboxylic acids is 2. The van der Waals surface area contributed by atoms with Gasteiger partial charge in [-0.2, -0.15) is 0 Å². The Bertz CT molecular complexity index is 836. The summed E-state index contributed by atoms with van der Waals surface area (Å²) < 4.78 is 26.7. The fourth-order valence-electron chi connectivity index (χ4n) is 1.97. The molecular weight excluding hydrogens is 344 g/mol. The third-order valence-electron chi connectivity index (χ3n) is 3.13. The SMILES string of the molecule is CC(=O)Nc1ccc(S(=O)(=O)NCCNC(=O)c2ccncc2)cc1. The van der Waals surface area contributed by atoms with E-state index in [-0.39, 0.29) is 29.8 Å². The molecule has 8 nitrogen and oxygen atoms in total. The van der Waals surface area contributed by atoms with Crippen LogP contribution in [-0.2, 0) is 14.8 Å². The molecule has 2 aromatic rings. The van der Waals surface area contributed by atoms with E-state index in [1.54, 1.807) is 12.1 Å². The van der Waals surface area contributed by atoms with Crippen LogP contribution in [0.4, 0.5) is 5.69 Å². The lowest BCUT2D eigenvalue weighted by Gasteiger charge is -2.09. The average Bonchev–Trinajstić information content (AvgIpc) is 2.59. The van der Waals surface area contributed by atoms with Gasteiger partial charge in [-0.1, -0.05) is 0 Å². The highest BCUT2D eigenvalue weighted by atomic mass is 32.2. The zero-order chi connectivity index (χ0) is 18.3. The first-order chi connectivity index (χ1) is 11.9. The molecule has 0 unspecified atom stereocenters. The number of benzene rings is 1.